The maximum Gasteiger partial charge on any atom is 0.513 e. The normalized spacial score (nSPS) is 10.8. The fourth-order valence-corrected chi connectivity index (χ4v) is 2.02. The molecule has 0 atom stereocenters. The number of carbonyl (C=O) groups excluding carboxylic acids is 1. The first-order valence-electron chi connectivity index (χ1n) is 7.12. The summed E-state index contributed by atoms with van der Waals surface area (Å²) in [5.41, 5.74) is 7.04. The monoisotopic (exact) mass is 292 g/mol. The van der Waals surface area contributed by atoms with Crippen molar-refractivity contribution in [3.63, 3.8) is 0 Å². The number of fused-ring (bicyclic) bond motifs is 1. The number of anilines is 1. The molecule has 0 aliphatic rings. The predicted molar refractivity (Wildman–Crippen MR) is 79.1 cm³/mol. The van der Waals surface area contributed by atoms with Crippen LogP contribution in [0.1, 0.15) is 33.1 Å². The second-order valence-corrected chi connectivity index (χ2v) is 4.63. The number of hydrogen-bond donors (Lipinski definition) is 1. The Morgan fingerprint density at radius 1 is 1.33 bits per heavy atom. The van der Waals surface area contributed by atoms with Crippen LogP contribution in [0, 0.1) is 0 Å². The first-order chi connectivity index (χ1) is 10.2. The molecule has 0 radical (unpaired) electrons. The molecule has 2 N–H and O–H groups in total. The Morgan fingerprint density at radius 3 is 2.86 bits per heavy atom. The van der Waals surface area contributed by atoms with Gasteiger partial charge in [0, 0.05) is 6.54 Å². The van der Waals surface area contributed by atoms with E-state index in [9.17, 15) is 4.79 Å². The highest BCUT2D eigenvalue weighted by Gasteiger charge is 2.14. The smallest absolute Gasteiger partial charge is 0.434 e. The topological polar surface area (TPSA) is 92.3 Å². The van der Waals surface area contributed by atoms with Crippen molar-refractivity contribution in [2.24, 2.45) is 0 Å². The first-order valence-corrected chi connectivity index (χ1v) is 7.12. The van der Waals surface area contributed by atoms with Gasteiger partial charge in [0.25, 0.3) is 0 Å². The molecule has 0 saturated heterocycles. The van der Waals surface area contributed by atoms with E-state index in [0.717, 1.165) is 25.8 Å². The lowest BCUT2D eigenvalue weighted by molar-refractivity contribution is 0.104. The summed E-state index contributed by atoms with van der Waals surface area (Å²) < 4.78 is 11.5. The summed E-state index contributed by atoms with van der Waals surface area (Å²) in [6, 6.07) is 0. The van der Waals surface area contributed by atoms with Gasteiger partial charge >= 0.3 is 6.16 Å². The van der Waals surface area contributed by atoms with Crippen LogP contribution in [0.15, 0.2) is 12.4 Å². The molecule has 7 nitrogen and oxygen atoms in total. The maximum absolute atomic E-state index is 11.3. The number of nitrogens with zero attached hydrogens (tertiary/aromatic N) is 3. The Bertz CT molecular complexity index is 624. The van der Waals surface area contributed by atoms with Crippen LogP contribution in [0.3, 0.4) is 0 Å². The molecule has 2 rings (SSSR count). The van der Waals surface area contributed by atoms with Gasteiger partial charge in [0.15, 0.2) is 11.4 Å². The third kappa shape index (κ3) is 3.42. The van der Waals surface area contributed by atoms with E-state index in [1.54, 1.807) is 13.1 Å². The molecule has 0 saturated carbocycles. The summed E-state index contributed by atoms with van der Waals surface area (Å²) in [4.78, 5) is 15.6. The Labute approximate surface area is 123 Å². The van der Waals surface area contributed by atoms with E-state index >= 15 is 0 Å². The highest BCUT2D eigenvalue weighted by Crippen LogP contribution is 2.29. The highest BCUT2D eigenvalue weighted by atomic mass is 16.7. The van der Waals surface area contributed by atoms with Crippen molar-refractivity contribution < 1.29 is 14.3 Å². The van der Waals surface area contributed by atoms with Crippen molar-refractivity contribution >= 4 is 22.9 Å². The summed E-state index contributed by atoms with van der Waals surface area (Å²) in [5, 5.41) is 4.96. The standard InChI is InChI=1S/C14H20N4O3/c1-3-5-6-7-18-13-10(8-17-18)12(15)11(9-16-13)21-14(19)20-4-2/h8-9H,3-7H2,1-2H3,(H2,15,16). The van der Waals surface area contributed by atoms with E-state index in [4.69, 9.17) is 15.2 Å². The molecule has 0 fully saturated rings. The molecule has 0 amide bonds. The van der Waals surface area contributed by atoms with Crippen molar-refractivity contribution in [3.05, 3.63) is 12.4 Å². The van der Waals surface area contributed by atoms with Crippen molar-refractivity contribution in [2.45, 2.75) is 39.7 Å². The van der Waals surface area contributed by atoms with Crippen molar-refractivity contribution in [1.82, 2.24) is 14.8 Å². The number of carbonyl (C=O) groups is 1. The molecule has 2 aromatic heterocycles. The van der Waals surface area contributed by atoms with Gasteiger partial charge in [-0.2, -0.15) is 5.10 Å². The quantitative estimate of drug-likeness (QED) is 0.650. The van der Waals surface area contributed by atoms with Crippen molar-refractivity contribution in [3.8, 4) is 5.75 Å². The largest absolute Gasteiger partial charge is 0.513 e. The predicted octanol–water partition coefficient (Wildman–Crippen LogP) is 2.74. The molecule has 0 aromatic carbocycles. The SMILES string of the molecule is CCCCCn1ncc2c(N)c(OC(=O)OCC)cnc21. The van der Waals surface area contributed by atoms with Gasteiger partial charge in [-0.25, -0.2) is 14.5 Å². The molecular formula is C14H20N4O3. The lowest BCUT2D eigenvalue weighted by Crippen LogP contribution is -2.11. The zero-order chi connectivity index (χ0) is 15.2. The van der Waals surface area contributed by atoms with E-state index in [1.165, 1.54) is 6.20 Å². The summed E-state index contributed by atoms with van der Waals surface area (Å²) in [7, 11) is 0. The van der Waals surface area contributed by atoms with Gasteiger partial charge in [0.2, 0.25) is 0 Å². The number of rotatable bonds is 6. The number of aromatic nitrogens is 3. The zero-order valence-corrected chi connectivity index (χ0v) is 12.3. The third-order valence-corrected chi connectivity index (χ3v) is 3.10. The van der Waals surface area contributed by atoms with Crippen molar-refractivity contribution in [1.29, 1.82) is 0 Å². The van der Waals surface area contributed by atoms with Crippen LogP contribution >= 0.6 is 0 Å². The number of ether oxygens (including phenoxy) is 2. The minimum atomic E-state index is -0.791. The number of pyridine rings is 1. The molecule has 0 unspecified atom stereocenters. The van der Waals surface area contributed by atoms with Gasteiger partial charge < -0.3 is 15.2 Å². The van der Waals surface area contributed by atoms with Gasteiger partial charge in [-0.3, -0.25) is 0 Å². The minimum absolute atomic E-state index is 0.189. The molecule has 0 aliphatic carbocycles. The van der Waals surface area contributed by atoms with Crippen molar-refractivity contribution in [2.75, 3.05) is 12.3 Å². The Hall–Kier alpha value is -2.31. The number of aryl methyl sites for hydroxylation is 1. The van der Waals surface area contributed by atoms with Gasteiger partial charge in [0.1, 0.15) is 0 Å². The second-order valence-electron chi connectivity index (χ2n) is 4.63. The van der Waals surface area contributed by atoms with Gasteiger partial charge in [0.05, 0.1) is 30.1 Å². The summed E-state index contributed by atoms with van der Waals surface area (Å²) in [6.45, 7) is 4.88. The fraction of sp³-hybridized carbons (Fsp3) is 0.500. The molecule has 2 heterocycles. The van der Waals surface area contributed by atoms with Gasteiger partial charge in [-0.05, 0) is 13.3 Å². The third-order valence-electron chi connectivity index (χ3n) is 3.10. The highest BCUT2D eigenvalue weighted by molar-refractivity contribution is 5.91. The summed E-state index contributed by atoms with van der Waals surface area (Å²) in [5.74, 6) is 0.189. The lowest BCUT2D eigenvalue weighted by Gasteiger charge is -2.07. The Balaban J connectivity index is 2.21. The number of unbranched alkanes of at least 4 members (excludes halogenated alkanes) is 2. The van der Waals surface area contributed by atoms with E-state index in [2.05, 4.69) is 17.0 Å². The first kappa shape index (κ1) is 15.1. The van der Waals surface area contributed by atoms with E-state index in [-0.39, 0.29) is 12.4 Å². The lowest BCUT2D eigenvalue weighted by atomic mass is 10.2. The Kier molecular flexibility index (Phi) is 4.97. The molecule has 114 valence electrons. The van der Waals surface area contributed by atoms with Crippen LogP contribution in [0.4, 0.5) is 10.5 Å². The number of nitrogen functional groups attached to an aromatic ring is 1. The van der Waals surface area contributed by atoms with Crippen LogP contribution in [0.5, 0.6) is 5.75 Å². The zero-order valence-electron chi connectivity index (χ0n) is 12.3. The summed E-state index contributed by atoms with van der Waals surface area (Å²) in [6.07, 6.45) is 5.60. The molecule has 21 heavy (non-hydrogen) atoms. The maximum atomic E-state index is 11.3. The van der Waals surface area contributed by atoms with Crippen LogP contribution in [-0.4, -0.2) is 27.5 Å². The van der Waals surface area contributed by atoms with E-state index in [1.807, 2.05) is 4.68 Å². The van der Waals surface area contributed by atoms with Crippen LogP contribution < -0.4 is 10.5 Å². The molecule has 0 aliphatic heterocycles. The fourth-order valence-electron chi connectivity index (χ4n) is 2.02. The van der Waals surface area contributed by atoms with E-state index in [0.29, 0.717) is 16.7 Å². The van der Waals surface area contributed by atoms with Crippen LogP contribution in [0.2, 0.25) is 0 Å². The van der Waals surface area contributed by atoms with E-state index < -0.39 is 6.16 Å². The minimum Gasteiger partial charge on any atom is -0.434 e. The molecule has 7 heteroatoms. The Morgan fingerprint density at radius 2 is 2.14 bits per heavy atom. The molecule has 2 aromatic rings. The summed E-state index contributed by atoms with van der Waals surface area (Å²) >= 11 is 0. The van der Waals surface area contributed by atoms with Crippen LogP contribution in [0.25, 0.3) is 11.0 Å². The van der Waals surface area contributed by atoms with Crippen LogP contribution in [-0.2, 0) is 11.3 Å². The molecule has 0 bridgehead atoms. The second kappa shape index (κ2) is 6.92. The number of nitrogens with two attached hydrogens (primary N) is 1. The van der Waals surface area contributed by atoms with Gasteiger partial charge in [-0.15, -0.1) is 0 Å². The molecular weight excluding hydrogens is 272 g/mol. The molecule has 0 spiro atoms. The average Bonchev–Trinajstić information content (AvgIpc) is 2.87. The number of hydrogen-bond acceptors (Lipinski definition) is 6. The van der Waals surface area contributed by atoms with Gasteiger partial charge in [-0.1, -0.05) is 19.8 Å². The average molecular weight is 292 g/mol.